The van der Waals surface area contributed by atoms with E-state index in [-0.39, 0.29) is 18.5 Å². The number of imide groups is 1. The van der Waals surface area contributed by atoms with Gasteiger partial charge in [-0.1, -0.05) is 6.07 Å². The largest absolute Gasteiger partial charge is 0.481 e. The third-order valence-electron chi connectivity index (χ3n) is 2.21. The molecule has 0 atom stereocenters. The average Bonchev–Trinajstić information content (AvgIpc) is 2.58. The summed E-state index contributed by atoms with van der Waals surface area (Å²) in [5.74, 6) is 0.205. The van der Waals surface area contributed by atoms with Crippen molar-refractivity contribution in [1.29, 1.82) is 0 Å². The van der Waals surface area contributed by atoms with Crippen molar-refractivity contribution in [3.63, 3.8) is 0 Å². The fourth-order valence-corrected chi connectivity index (χ4v) is 1.47. The summed E-state index contributed by atoms with van der Waals surface area (Å²) < 4.78 is 4.97. The molecule has 3 amide bonds. The number of methoxy groups -OCH3 is 1. The number of nitrogens with zero attached hydrogens (tertiary/aromatic N) is 2. The number of aromatic nitrogens is 1. The number of nitrogens with one attached hydrogen (secondary N) is 1. The van der Waals surface area contributed by atoms with Crippen LogP contribution in [0, 0.1) is 0 Å². The van der Waals surface area contributed by atoms with Crippen molar-refractivity contribution < 1.29 is 14.3 Å². The van der Waals surface area contributed by atoms with E-state index in [2.05, 4.69) is 10.3 Å². The summed E-state index contributed by atoms with van der Waals surface area (Å²) in [7, 11) is 1.53. The summed E-state index contributed by atoms with van der Waals surface area (Å²) in [6, 6.07) is 4.91. The van der Waals surface area contributed by atoms with Crippen LogP contribution in [-0.4, -0.2) is 35.5 Å². The Balaban J connectivity index is 2.09. The Morgan fingerprint density at radius 2 is 2.31 bits per heavy atom. The van der Waals surface area contributed by atoms with E-state index in [0.29, 0.717) is 18.1 Å². The summed E-state index contributed by atoms with van der Waals surface area (Å²) in [6.45, 7) is 0.381. The van der Waals surface area contributed by atoms with Crippen LogP contribution in [0.3, 0.4) is 0 Å². The molecule has 0 radical (unpaired) electrons. The fourth-order valence-electron chi connectivity index (χ4n) is 1.47. The van der Waals surface area contributed by atoms with Crippen LogP contribution in [-0.2, 0) is 11.3 Å². The van der Waals surface area contributed by atoms with Crippen LogP contribution < -0.4 is 10.1 Å². The second-order valence-electron chi connectivity index (χ2n) is 3.38. The van der Waals surface area contributed by atoms with E-state index in [1.54, 1.807) is 18.2 Å². The molecule has 0 saturated carbocycles. The molecule has 1 aromatic rings. The van der Waals surface area contributed by atoms with Crippen LogP contribution in [0.4, 0.5) is 4.79 Å². The number of carbonyl (C=O) groups is 2. The zero-order chi connectivity index (χ0) is 11.5. The highest BCUT2D eigenvalue weighted by molar-refractivity contribution is 6.01. The van der Waals surface area contributed by atoms with E-state index < -0.39 is 0 Å². The zero-order valence-corrected chi connectivity index (χ0v) is 8.77. The molecule has 2 heterocycles. The molecular formula is C10H11N3O3. The molecule has 1 fully saturated rings. The maximum Gasteiger partial charge on any atom is 0.324 e. The Hall–Kier alpha value is -2.11. The van der Waals surface area contributed by atoms with Gasteiger partial charge in [-0.2, -0.15) is 0 Å². The highest BCUT2D eigenvalue weighted by Gasteiger charge is 2.26. The van der Waals surface area contributed by atoms with Crippen LogP contribution in [0.1, 0.15) is 5.69 Å². The lowest BCUT2D eigenvalue weighted by atomic mass is 10.3. The van der Waals surface area contributed by atoms with Crippen molar-refractivity contribution in [1.82, 2.24) is 15.2 Å². The maximum absolute atomic E-state index is 11.3. The second kappa shape index (κ2) is 4.18. The van der Waals surface area contributed by atoms with Crippen molar-refractivity contribution in [2.24, 2.45) is 0 Å². The van der Waals surface area contributed by atoms with E-state index >= 15 is 0 Å². The van der Waals surface area contributed by atoms with Gasteiger partial charge in [-0.3, -0.25) is 10.1 Å². The molecule has 1 aliphatic rings. The van der Waals surface area contributed by atoms with Crippen LogP contribution in [0.15, 0.2) is 18.2 Å². The number of hydrogen-bond donors (Lipinski definition) is 1. The number of amides is 3. The first kappa shape index (κ1) is 10.4. The van der Waals surface area contributed by atoms with Gasteiger partial charge < -0.3 is 9.64 Å². The van der Waals surface area contributed by atoms with Crippen LogP contribution in [0.25, 0.3) is 0 Å². The van der Waals surface area contributed by atoms with Gasteiger partial charge in [0.1, 0.15) is 6.54 Å². The lowest BCUT2D eigenvalue weighted by Gasteiger charge is -2.12. The molecule has 84 valence electrons. The number of urea groups is 1. The predicted octanol–water partition coefficient (Wildman–Crippen LogP) is 0.142. The number of pyridine rings is 1. The van der Waals surface area contributed by atoms with Gasteiger partial charge in [0.25, 0.3) is 0 Å². The Labute approximate surface area is 92.2 Å². The van der Waals surface area contributed by atoms with E-state index in [4.69, 9.17) is 4.74 Å². The van der Waals surface area contributed by atoms with Crippen LogP contribution in [0.5, 0.6) is 5.88 Å². The smallest absolute Gasteiger partial charge is 0.324 e. The van der Waals surface area contributed by atoms with Crippen LogP contribution in [0.2, 0.25) is 0 Å². The van der Waals surface area contributed by atoms with Crippen molar-refractivity contribution in [2.45, 2.75) is 6.54 Å². The fraction of sp³-hybridized carbons (Fsp3) is 0.300. The summed E-state index contributed by atoms with van der Waals surface area (Å²) >= 11 is 0. The average molecular weight is 221 g/mol. The van der Waals surface area contributed by atoms with Gasteiger partial charge in [0.05, 0.1) is 19.3 Å². The molecule has 0 aliphatic carbocycles. The number of hydrogen-bond acceptors (Lipinski definition) is 4. The third-order valence-corrected chi connectivity index (χ3v) is 2.21. The molecule has 2 rings (SSSR count). The molecule has 1 aromatic heterocycles. The van der Waals surface area contributed by atoms with E-state index in [1.807, 2.05) is 0 Å². The molecule has 16 heavy (non-hydrogen) atoms. The minimum atomic E-state index is -0.380. The number of rotatable bonds is 3. The van der Waals surface area contributed by atoms with Gasteiger partial charge in [0.15, 0.2) is 0 Å². The normalized spacial score (nSPS) is 15.2. The Morgan fingerprint density at radius 3 is 2.94 bits per heavy atom. The third kappa shape index (κ3) is 2.10. The van der Waals surface area contributed by atoms with Gasteiger partial charge in [-0.05, 0) is 6.07 Å². The van der Waals surface area contributed by atoms with Crippen molar-refractivity contribution in [2.75, 3.05) is 13.7 Å². The van der Waals surface area contributed by atoms with Crippen LogP contribution >= 0.6 is 0 Å². The van der Waals surface area contributed by atoms with Gasteiger partial charge >= 0.3 is 6.03 Å². The quantitative estimate of drug-likeness (QED) is 0.737. The molecule has 0 aromatic carbocycles. The lowest BCUT2D eigenvalue weighted by molar-refractivity contribution is -0.118. The predicted molar refractivity (Wildman–Crippen MR) is 54.7 cm³/mol. The van der Waals surface area contributed by atoms with Gasteiger partial charge in [-0.15, -0.1) is 0 Å². The molecule has 6 nitrogen and oxygen atoms in total. The summed E-state index contributed by atoms with van der Waals surface area (Å²) in [4.78, 5) is 27.8. The molecular weight excluding hydrogens is 210 g/mol. The Kier molecular flexibility index (Phi) is 2.72. The molecule has 1 aliphatic heterocycles. The highest BCUT2D eigenvalue weighted by atomic mass is 16.5. The minimum Gasteiger partial charge on any atom is -0.481 e. The molecule has 0 bridgehead atoms. The number of carbonyl (C=O) groups excluding carboxylic acids is 2. The van der Waals surface area contributed by atoms with Crippen molar-refractivity contribution in [3.05, 3.63) is 23.9 Å². The Morgan fingerprint density at radius 1 is 1.50 bits per heavy atom. The van der Waals surface area contributed by atoms with E-state index in [9.17, 15) is 9.59 Å². The van der Waals surface area contributed by atoms with Gasteiger partial charge in [-0.25, -0.2) is 9.78 Å². The molecule has 0 spiro atoms. The molecule has 6 heteroatoms. The highest BCUT2D eigenvalue weighted by Crippen LogP contribution is 2.10. The van der Waals surface area contributed by atoms with Gasteiger partial charge in [0.2, 0.25) is 11.8 Å². The first-order valence-electron chi connectivity index (χ1n) is 4.78. The summed E-state index contributed by atoms with van der Waals surface area (Å²) in [6.07, 6.45) is 0. The first-order chi connectivity index (χ1) is 7.69. The summed E-state index contributed by atoms with van der Waals surface area (Å²) in [5, 5.41) is 2.20. The second-order valence-corrected chi connectivity index (χ2v) is 3.38. The Bertz CT molecular complexity index is 433. The number of ether oxygens (including phenoxy) is 1. The standard InChI is InChI=1S/C10H11N3O3/c1-16-9-4-2-3-7(11-9)5-13-6-8(14)12-10(13)15/h2-4H,5-6H2,1H3,(H,12,14,15). The first-order valence-corrected chi connectivity index (χ1v) is 4.78. The van der Waals surface area contributed by atoms with Gasteiger partial charge in [0, 0.05) is 6.07 Å². The monoisotopic (exact) mass is 221 g/mol. The molecule has 1 N–H and O–H groups in total. The van der Waals surface area contributed by atoms with E-state index in [1.165, 1.54) is 12.0 Å². The maximum atomic E-state index is 11.3. The summed E-state index contributed by atoms with van der Waals surface area (Å²) in [5.41, 5.74) is 0.684. The van der Waals surface area contributed by atoms with Crippen molar-refractivity contribution >= 4 is 11.9 Å². The molecule has 0 unspecified atom stereocenters. The topological polar surface area (TPSA) is 71.5 Å². The lowest BCUT2D eigenvalue weighted by Crippen LogP contribution is -2.28. The minimum absolute atomic E-state index is 0.0811. The van der Waals surface area contributed by atoms with E-state index in [0.717, 1.165) is 0 Å². The van der Waals surface area contributed by atoms with Crippen molar-refractivity contribution in [3.8, 4) is 5.88 Å². The zero-order valence-electron chi connectivity index (χ0n) is 8.77. The molecule has 1 saturated heterocycles. The SMILES string of the molecule is COc1cccc(CN2CC(=O)NC2=O)n1.